The van der Waals surface area contributed by atoms with E-state index in [9.17, 15) is 19.5 Å². The summed E-state index contributed by atoms with van der Waals surface area (Å²) in [6.07, 6.45) is -1.99. The van der Waals surface area contributed by atoms with Gasteiger partial charge in [0.25, 0.3) is 6.29 Å². The summed E-state index contributed by atoms with van der Waals surface area (Å²) >= 11 is 5.84. The Morgan fingerprint density at radius 3 is 2.19 bits per heavy atom. The predicted octanol–water partition coefficient (Wildman–Crippen LogP) is -0.813. The Bertz CT molecular complexity index is 608. The van der Waals surface area contributed by atoms with Crippen molar-refractivity contribution in [2.24, 2.45) is 5.92 Å². The van der Waals surface area contributed by atoms with Crippen LogP contribution in [0, 0.1) is 5.92 Å². The van der Waals surface area contributed by atoms with Gasteiger partial charge in [0.2, 0.25) is 0 Å². The normalized spacial score (nSPS) is 12.5. The van der Waals surface area contributed by atoms with Crippen LogP contribution in [0.1, 0.15) is 45.2 Å². The Labute approximate surface area is 179 Å². The molecule has 0 fully saturated rings. The van der Waals surface area contributed by atoms with Gasteiger partial charge < -0.3 is 24.7 Å². The topological polar surface area (TPSA) is 105 Å². The quantitative estimate of drug-likeness (QED) is 0.352. The van der Waals surface area contributed by atoms with Gasteiger partial charge in [-0.2, -0.15) is 0 Å². The van der Waals surface area contributed by atoms with Crippen LogP contribution in [-0.4, -0.2) is 24.3 Å². The summed E-state index contributed by atoms with van der Waals surface area (Å²) in [6, 6.07) is 5.99. The molecule has 0 radical (unpaired) electrons. The summed E-state index contributed by atoms with van der Waals surface area (Å²) in [5.74, 6) is -2.04. The number of carboxylic acids is 1. The summed E-state index contributed by atoms with van der Waals surface area (Å²) < 4.78 is 10.1. The second-order valence-electron chi connectivity index (χ2n) is 5.79. The molecule has 138 valence electrons. The van der Waals surface area contributed by atoms with E-state index >= 15 is 0 Å². The van der Waals surface area contributed by atoms with E-state index in [-0.39, 0.29) is 48.3 Å². The summed E-state index contributed by atoms with van der Waals surface area (Å²) in [5.41, 5.74) is 0.663. The maximum Gasteiger partial charge on any atom is 1.00 e. The van der Waals surface area contributed by atoms with Crippen molar-refractivity contribution in [3.63, 3.8) is 0 Å². The van der Waals surface area contributed by atoms with Crippen molar-refractivity contribution in [1.82, 2.24) is 5.32 Å². The van der Waals surface area contributed by atoms with Crippen molar-refractivity contribution >= 4 is 29.6 Å². The Hall–Kier alpha value is -1.28. The molecule has 1 N–H and O–H groups in total. The third-order valence-electron chi connectivity index (χ3n) is 3.25. The molecule has 0 spiro atoms. The number of alkyl carbamates (subject to hydrolysis) is 1. The van der Waals surface area contributed by atoms with Crippen LogP contribution in [0.3, 0.4) is 0 Å². The van der Waals surface area contributed by atoms with Crippen molar-refractivity contribution < 1.29 is 58.5 Å². The molecule has 0 bridgehead atoms. The predicted molar refractivity (Wildman–Crippen MR) is 88.4 cm³/mol. The van der Waals surface area contributed by atoms with E-state index in [2.05, 4.69) is 5.32 Å². The van der Waals surface area contributed by atoms with E-state index in [4.69, 9.17) is 21.1 Å². The number of nitrogens with one attached hydrogen (secondary N) is 1. The number of amides is 1. The van der Waals surface area contributed by atoms with Crippen LogP contribution in [0.25, 0.3) is 0 Å². The van der Waals surface area contributed by atoms with Gasteiger partial charge in [-0.25, -0.2) is 4.79 Å². The molecule has 0 aliphatic rings. The minimum absolute atomic E-state index is 0. The van der Waals surface area contributed by atoms with Crippen molar-refractivity contribution in [1.29, 1.82) is 0 Å². The number of benzene rings is 1. The smallest absolute Gasteiger partial charge is 0.550 e. The summed E-state index contributed by atoms with van der Waals surface area (Å²) in [7, 11) is 0. The van der Waals surface area contributed by atoms with E-state index < -0.39 is 30.4 Å². The molecule has 1 rings (SSSR count). The number of esters is 1. The fraction of sp³-hybridized carbons (Fsp3) is 0.471. The molecule has 2 unspecified atom stereocenters. The molecule has 2 atom stereocenters. The molecule has 26 heavy (non-hydrogen) atoms. The number of rotatable bonds is 8. The number of carboxylic acid groups (broad SMARTS) is 1. The number of ether oxygens (including phenoxy) is 2. The van der Waals surface area contributed by atoms with Gasteiger partial charge in [0, 0.05) is 23.8 Å². The second-order valence-corrected chi connectivity index (χ2v) is 6.22. The minimum Gasteiger partial charge on any atom is -0.550 e. The molecular weight excluding hydrogens is 373 g/mol. The first kappa shape index (κ1) is 24.7. The molecule has 0 aliphatic carbocycles. The average molecular weight is 394 g/mol. The SMILES string of the molecule is CC(=O)OC(OC(=O)NC(CCC(=O)[O-])c1ccc(Cl)cc1)C(C)C.[Na+]. The zero-order chi connectivity index (χ0) is 19.0. The first-order valence-corrected chi connectivity index (χ1v) is 8.16. The maximum absolute atomic E-state index is 12.1. The molecule has 1 amide bonds. The van der Waals surface area contributed by atoms with Crippen molar-refractivity contribution in [2.75, 3.05) is 0 Å². The monoisotopic (exact) mass is 393 g/mol. The molecule has 0 heterocycles. The molecule has 0 aromatic heterocycles. The molecule has 1 aromatic rings. The average Bonchev–Trinajstić information content (AvgIpc) is 2.51. The minimum atomic E-state index is -1.23. The fourth-order valence-electron chi connectivity index (χ4n) is 2.02. The fourth-order valence-corrected chi connectivity index (χ4v) is 2.15. The standard InChI is InChI=1S/C17H22ClNO6.Na/c1-10(2)16(24-11(3)20)25-17(23)19-14(8-9-15(21)22)12-4-6-13(18)7-5-12;/h4-7,10,14,16H,8-9H2,1-3H3,(H,19,23)(H,21,22);/q;+1/p-1. The Kier molecular flexibility index (Phi) is 11.6. The Morgan fingerprint density at radius 2 is 1.73 bits per heavy atom. The molecule has 0 saturated heterocycles. The summed E-state index contributed by atoms with van der Waals surface area (Å²) in [4.78, 5) is 33.9. The number of aliphatic carboxylic acids is 1. The molecule has 0 saturated carbocycles. The van der Waals surface area contributed by atoms with Crippen LogP contribution in [-0.2, 0) is 19.1 Å². The van der Waals surface area contributed by atoms with Crippen LogP contribution in [0.2, 0.25) is 5.02 Å². The van der Waals surface area contributed by atoms with Crippen molar-refractivity contribution in [3.8, 4) is 0 Å². The van der Waals surface area contributed by atoms with Gasteiger partial charge in [0.05, 0.1) is 6.04 Å². The summed E-state index contributed by atoms with van der Waals surface area (Å²) in [6.45, 7) is 4.67. The van der Waals surface area contributed by atoms with Crippen LogP contribution in [0.5, 0.6) is 0 Å². The van der Waals surface area contributed by atoms with E-state index in [0.29, 0.717) is 10.6 Å². The van der Waals surface area contributed by atoms with Gasteiger partial charge in [-0.3, -0.25) is 4.79 Å². The van der Waals surface area contributed by atoms with E-state index in [0.717, 1.165) is 0 Å². The van der Waals surface area contributed by atoms with Gasteiger partial charge >= 0.3 is 41.6 Å². The van der Waals surface area contributed by atoms with E-state index in [1.165, 1.54) is 6.92 Å². The van der Waals surface area contributed by atoms with Gasteiger partial charge in [-0.1, -0.05) is 37.6 Å². The van der Waals surface area contributed by atoms with Crippen LogP contribution >= 0.6 is 11.6 Å². The van der Waals surface area contributed by atoms with E-state index in [1.807, 2.05) is 0 Å². The molecule has 9 heteroatoms. The zero-order valence-electron chi connectivity index (χ0n) is 15.3. The molecule has 7 nitrogen and oxygen atoms in total. The second kappa shape index (κ2) is 12.2. The number of halogens is 1. The number of hydrogen-bond acceptors (Lipinski definition) is 6. The third kappa shape index (κ3) is 9.43. The van der Waals surface area contributed by atoms with Gasteiger partial charge in [-0.05, 0) is 30.5 Å². The van der Waals surface area contributed by atoms with Crippen LogP contribution in [0.15, 0.2) is 24.3 Å². The first-order valence-electron chi connectivity index (χ1n) is 7.78. The van der Waals surface area contributed by atoms with Gasteiger partial charge in [-0.15, -0.1) is 0 Å². The summed E-state index contributed by atoms with van der Waals surface area (Å²) in [5, 5.41) is 13.8. The van der Waals surface area contributed by atoms with Crippen LogP contribution < -0.4 is 40.0 Å². The van der Waals surface area contributed by atoms with Crippen molar-refractivity contribution in [2.45, 2.75) is 45.9 Å². The number of carbonyl (C=O) groups excluding carboxylic acids is 3. The Balaban J connectivity index is 0.00000625. The van der Waals surface area contributed by atoms with Gasteiger partial charge in [0.1, 0.15) is 0 Å². The largest absolute Gasteiger partial charge is 1.00 e. The zero-order valence-corrected chi connectivity index (χ0v) is 18.0. The van der Waals surface area contributed by atoms with Crippen LogP contribution in [0.4, 0.5) is 4.79 Å². The molecular formula is C17H21ClNNaO6. The Morgan fingerprint density at radius 1 is 1.15 bits per heavy atom. The molecule has 0 aliphatic heterocycles. The number of carbonyl (C=O) groups is 3. The van der Waals surface area contributed by atoms with Gasteiger partial charge in [0.15, 0.2) is 0 Å². The third-order valence-corrected chi connectivity index (χ3v) is 3.50. The number of hydrogen-bond donors (Lipinski definition) is 1. The first-order chi connectivity index (χ1) is 11.7. The maximum atomic E-state index is 12.1. The van der Waals surface area contributed by atoms with Crippen molar-refractivity contribution in [3.05, 3.63) is 34.9 Å². The van der Waals surface area contributed by atoms with E-state index in [1.54, 1.807) is 38.1 Å². The molecule has 1 aromatic carbocycles.